The summed E-state index contributed by atoms with van der Waals surface area (Å²) in [6.07, 6.45) is 4.74. The minimum atomic E-state index is -0.627. The number of nitro groups is 1. The van der Waals surface area contributed by atoms with Crippen molar-refractivity contribution in [3.05, 3.63) is 57.6 Å². The number of urea groups is 1. The van der Waals surface area contributed by atoms with E-state index in [0.717, 1.165) is 32.1 Å². The third-order valence-corrected chi connectivity index (χ3v) is 5.76. The van der Waals surface area contributed by atoms with Crippen LogP contribution in [0.25, 0.3) is 0 Å². The first-order valence-electron chi connectivity index (χ1n) is 10.3. The lowest BCUT2D eigenvalue weighted by atomic mass is 9.94. The molecule has 166 valence electrons. The summed E-state index contributed by atoms with van der Waals surface area (Å²) in [6, 6.07) is 7.70. The number of amides is 4. The summed E-state index contributed by atoms with van der Waals surface area (Å²) in [5, 5.41) is 16.1. The van der Waals surface area contributed by atoms with Gasteiger partial charge in [-0.15, -0.1) is 0 Å². The number of hydrogen-bond donors (Lipinski definition) is 2. The van der Waals surface area contributed by atoms with Crippen LogP contribution >= 0.6 is 0 Å². The molecule has 0 bridgehead atoms. The molecule has 2 aliphatic rings. The van der Waals surface area contributed by atoms with Gasteiger partial charge in [0, 0.05) is 17.8 Å². The third kappa shape index (κ3) is 3.98. The zero-order valence-corrected chi connectivity index (χ0v) is 17.4. The highest BCUT2D eigenvalue weighted by atomic mass is 16.6. The van der Waals surface area contributed by atoms with E-state index in [2.05, 4.69) is 10.6 Å². The number of rotatable bonds is 5. The van der Waals surface area contributed by atoms with E-state index in [9.17, 15) is 24.5 Å². The molecular weight excluding hydrogens is 416 g/mol. The molecule has 0 atom stereocenters. The van der Waals surface area contributed by atoms with E-state index in [0.29, 0.717) is 11.3 Å². The smallest absolute Gasteiger partial charge is 0.323 e. The van der Waals surface area contributed by atoms with E-state index in [1.54, 1.807) is 12.1 Å². The average Bonchev–Trinajstić information content (AvgIpc) is 3.04. The molecule has 1 fully saturated rings. The summed E-state index contributed by atoms with van der Waals surface area (Å²) in [7, 11) is 1.34. The van der Waals surface area contributed by atoms with Crippen LogP contribution in [0.2, 0.25) is 0 Å². The molecule has 4 amide bonds. The van der Waals surface area contributed by atoms with Gasteiger partial charge >= 0.3 is 6.03 Å². The first-order valence-corrected chi connectivity index (χ1v) is 10.3. The van der Waals surface area contributed by atoms with Crippen molar-refractivity contribution in [1.29, 1.82) is 0 Å². The molecule has 0 aromatic heterocycles. The zero-order valence-electron chi connectivity index (χ0n) is 17.4. The lowest BCUT2D eigenvalue weighted by molar-refractivity contribution is -0.384. The Hall–Kier alpha value is -3.95. The fourth-order valence-electron chi connectivity index (χ4n) is 4.19. The largest absolute Gasteiger partial charge is 0.494 e. The van der Waals surface area contributed by atoms with Crippen molar-refractivity contribution >= 4 is 34.9 Å². The number of methoxy groups -OCH3 is 1. The third-order valence-electron chi connectivity index (χ3n) is 5.76. The minimum Gasteiger partial charge on any atom is -0.494 e. The van der Waals surface area contributed by atoms with Crippen molar-refractivity contribution in [2.24, 2.45) is 0 Å². The van der Waals surface area contributed by atoms with E-state index in [-0.39, 0.29) is 40.5 Å². The Balaban J connectivity index is 1.48. The van der Waals surface area contributed by atoms with Gasteiger partial charge in [0.2, 0.25) is 0 Å². The normalized spacial score (nSPS) is 16.0. The zero-order chi connectivity index (χ0) is 22.8. The lowest BCUT2D eigenvalue weighted by Crippen LogP contribution is -2.40. The quantitative estimate of drug-likeness (QED) is 0.409. The highest BCUT2D eigenvalue weighted by Gasteiger charge is 2.40. The number of carbonyl (C=O) groups is 3. The predicted octanol–water partition coefficient (Wildman–Crippen LogP) is 4.18. The SMILES string of the molecule is COc1cc([N+](=O)[O-])ccc1NC(=O)Nc1ccc2c(c1)C(=O)N(C1CCCCC1)C2=O. The first kappa shape index (κ1) is 21.3. The van der Waals surface area contributed by atoms with Crippen molar-refractivity contribution in [3.63, 3.8) is 0 Å². The topological polar surface area (TPSA) is 131 Å². The van der Waals surface area contributed by atoms with E-state index in [1.165, 1.54) is 36.3 Å². The highest BCUT2D eigenvalue weighted by Crippen LogP contribution is 2.33. The lowest BCUT2D eigenvalue weighted by Gasteiger charge is -2.29. The number of fused-ring (bicyclic) bond motifs is 1. The van der Waals surface area contributed by atoms with Gasteiger partial charge in [-0.1, -0.05) is 19.3 Å². The monoisotopic (exact) mass is 438 g/mol. The van der Waals surface area contributed by atoms with Crippen LogP contribution in [0.4, 0.5) is 21.9 Å². The van der Waals surface area contributed by atoms with Crippen molar-refractivity contribution in [3.8, 4) is 5.75 Å². The van der Waals surface area contributed by atoms with Crippen molar-refractivity contribution in [1.82, 2.24) is 4.90 Å². The van der Waals surface area contributed by atoms with Gasteiger partial charge in [0.05, 0.1) is 34.9 Å². The van der Waals surface area contributed by atoms with Crippen LogP contribution in [0.3, 0.4) is 0 Å². The second-order valence-electron chi connectivity index (χ2n) is 7.75. The van der Waals surface area contributed by atoms with E-state index in [1.807, 2.05) is 0 Å². The van der Waals surface area contributed by atoms with Crippen LogP contribution in [-0.2, 0) is 0 Å². The number of nitrogens with zero attached hydrogens (tertiary/aromatic N) is 2. The van der Waals surface area contributed by atoms with Crippen LogP contribution in [-0.4, -0.2) is 40.8 Å². The van der Waals surface area contributed by atoms with Crippen molar-refractivity contribution in [2.75, 3.05) is 17.7 Å². The molecule has 0 radical (unpaired) electrons. The van der Waals surface area contributed by atoms with Gasteiger partial charge in [-0.05, 0) is 37.1 Å². The van der Waals surface area contributed by atoms with Gasteiger partial charge < -0.3 is 15.4 Å². The number of non-ortho nitro benzene ring substituents is 1. The Morgan fingerprint density at radius 1 is 1.03 bits per heavy atom. The Labute approximate surface area is 183 Å². The molecule has 2 aromatic rings. The molecule has 0 spiro atoms. The molecule has 2 aromatic carbocycles. The van der Waals surface area contributed by atoms with Gasteiger partial charge in [-0.2, -0.15) is 0 Å². The van der Waals surface area contributed by atoms with Crippen LogP contribution in [0.15, 0.2) is 36.4 Å². The Morgan fingerprint density at radius 3 is 2.44 bits per heavy atom. The van der Waals surface area contributed by atoms with Crippen LogP contribution in [0.5, 0.6) is 5.75 Å². The number of benzene rings is 2. The van der Waals surface area contributed by atoms with E-state index in [4.69, 9.17) is 4.74 Å². The number of hydrogen-bond acceptors (Lipinski definition) is 6. The molecule has 10 nitrogen and oxygen atoms in total. The van der Waals surface area contributed by atoms with Gasteiger partial charge in [0.1, 0.15) is 5.75 Å². The minimum absolute atomic E-state index is 0.0783. The first-order chi connectivity index (χ1) is 15.4. The second kappa shape index (κ2) is 8.66. The summed E-state index contributed by atoms with van der Waals surface area (Å²) in [5.74, 6) is -0.492. The van der Waals surface area contributed by atoms with Crippen LogP contribution in [0.1, 0.15) is 52.8 Å². The van der Waals surface area contributed by atoms with Gasteiger partial charge in [0.15, 0.2) is 0 Å². The molecule has 1 aliphatic carbocycles. The predicted molar refractivity (Wildman–Crippen MR) is 116 cm³/mol. The maximum absolute atomic E-state index is 12.9. The molecule has 2 N–H and O–H groups in total. The number of anilines is 2. The molecule has 32 heavy (non-hydrogen) atoms. The highest BCUT2D eigenvalue weighted by molar-refractivity contribution is 6.22. The fraction of sp³-hybridized carbons (Fsp3) is 0.318. The fourth-order valence-corrected chi connectivity index (χ4v) is 4.19. The van der Waals surface area contributed by atoms with Crippen molar-refractivity contribution in [2.45, 2.75) is 38.1 Å². The molecular formula is C22H22N4O6. The molecule has 0 unspecified atom stereocenters. The molecule has 10 heteroatoms. The standard InChI is InChI=1S/C22H22N4O6/c1-32-19-12-15(26(30)31)8-10-18(19)24-22(29)23-13-7-9-16-17(11-13)21(28)25(20(16)27)14-5-3-2-4-6-14/h7-12,14H,2-6H2,1H3,(H2,23,24,29). The number of nitro benzene ring substituents is 1. The Morgan fingerprint density at radius 2 is 1.75 bits per heavy atom. The van der Waals surface area contributed by atoms with Gasteiger partial charge in [-0.25, -0.2) is 4.79 Å². The molecule has 1 heterocycles. The van der Waals surface area contributed by atoms with E-state index < -0.39 is 11.0 Å². The van der Waals surface area contributed by atoms with Gasteiger partial charge in [0.25, 0.3) is 17.5 Å². The number of carbonyl (C=O) groups excluding carboxylic acids is 3. The van der Waals surface area contributed by atoms with Gasteiger partial charge in [-0.3, -0.25) is 24.6 Å². The molecule has 0 saturated heterocycles. The number of nitrogens with one attached hydrogen (secondary N) is 2. The number of imide groups is 1. The van der Waals surface area contributed by atoms with Crippen LogP contribution < -0.4 is 15.4 Å². The Bertz CT molecular complexity index is 1110. The summed E-state index contributed by atoms with van der Waals surface area (Å²) in [6.45, 7) is 0. The molecule has 4 rings (SSSR count). The van der Waals surface area contributed by atoms with E-state index >= 15 is 0 Å². The summed E-state index contributed by atoms with van der Waals surface area (Å²) in [5.41, 5.74) is 1.02. The maximum atomic E-state index is 12.9. The second-order valence-corrected chi connectivity index (χ2v) is 7.75. The summed E-state index contributed by atoms with van der Waals surface area (Å²) < 4.78 is 5.11. The summed E-state index contributed by atoms with van der Waals surface area (Å²) >= 11 is 0. The Kier molecular flexibility index (Phi) is 5.76. The van der Waals surface area contributed by atoms with Crippen molar-refractivity contribution < 1.29 is 24.0 Å². The number of ether oxygens (including phenoxy) is 1. The maximum Gasteiger partial charge on any atom is 0.323 e. The average molecular weight is 438 g/mol. The molecule has 1 aliphatic heterocycles. The summed E-state index contributed by atoms with van der Waals surface area (Å²) in [4.78, 5) is 49.8. The molecule has 1 saturated carbocycles. The van der Waals surface area contributed by atoms with Crippen LogP contribution in [0, 0.1) is 10.1 Å².